The number of rotatable bonds is 3. The second-order valence-corrected chi connectivity index (χ2v) is 4.00. The van der Waals surface area contributed by atoms with E-state index in [2.05, 4.69) is 9.97 Å². The molecule has 0 atom stereocenters. The molecule has 0 aliphatic carbocycles. The SMILES string of the molecule is NCc1ccc(Sc2ncc[nH]2)c(F)c1. The van der Waals surface area contributed by atoms with E-state index < -0.39 is 0 Å². The fraction of sp³-hybridized carbons (Fsp3) is 0.100. The maximum absolute atomic E-state index is 13.5. The maximum atomic E-state index is 13.5. The van der Waals surface area contributed by atoms with E-state index in [1.807, 2.05) is 6.07 Å². The lowest BCUT2D eigenvalue weighted by molar-refractivity contribution is 0.599. The second kappa shape index (κ2) is 4.46. The molecule has 0 saturated carbocycles. The molecule has 0 bridgehead atoms. The molecule has 3 nitrogen and oxygen atoms in total. The molecule has 1 heterocycles. The van der Waals surface area contributed by atoms with E-state index in [9.17, 15) is 4.39 Å². The van der Waals surface area contributed by atoms with Gasteiger partial charge in [-0.2, -0.15) is 0 Å². The summed E-state index contributed by atoms with van der Waals surface area (Å²) in [5, 5.41) is 0.675. The van der Waals surface area contributed by atoms with E-state index in [-0.39, 0.29) is 5.82 Å². The molecule has 3 N–H and O–H groups in total. The molecule has 0 spiro atoms. The monoisotopic (exact) mass is 223 g/mol. The van der Waals surface area contributed by atoms with Crippen LogP contribution in [0.1, 0.15) is 5.56 Å². The number of H-pyrrole nitrogens is 1. The molecule has 2 aromatic rings. The van der Waals surface area contributed by atoms with Crippen LogP contribution in [0.2, 0.25) is 0 Å². The number of nitrogens with zero attached hydrogens (tertiary/aromatic N) is 1. The summed E-state index contributed by atoms with van der Waals surface area (Å²) in [6.45, 7) is 0.350. The molecule has 0 fully saturated rings. The Labute approximate surface area is 90.9 Å². The highest BCUT2D eigenvalue weighted by molar-refractivity contribution is 7.99. The summed E-state index contributed by atoms with van der Waals surface area (Å²) in [4.78, 5) is 7.46. The molecule has 5 heteroatoms. The van der Waals surface area contributed by atoms with Crippen molar-refractivity contribution in [1.29, 1.82) is 0 Å². The summed E-state index contributed by atoms with van der Waals surface area (Å²) in [6, 6.07) is 4.98. The van der Waals surface area contributed by atoms with Crippen molar-refractivity contribution in [3.05, 3.63) is 42.0 Å². The minimum absolute atomic E-state index is 0.264. The Morgan fingerprint density at radius 2 is 2.33 bits per heavy atom. The minimum atomic E-state index is -0.264. The maximum Gasteiger partial charge on any atom is 0.170 e. The first-order valence-corrected chi connectivity index (χ1v) is 5.27. The van der Waals surface area contributed by atoms with Gasteiger partial charge in [-0.25, -0.2) is 9.37 Å². The first-order chi connectivity index (χ1) is 7.29. The second-order valence-electron chi connectivity index (χ2n) is 2.97. The molecule has 1 aromatic heterocycles. The minimum Gasteiger partial charge on any atom is -0.339 e. The van der Waals surface area contributed by atoms with Gasteiger partial charge in [0, 0.05) is 18.9 Å². The molecular formula is C10H10FN3S. The molecule has 0 amide bonds. The van der Waals surface area contributed by atoms with Crippen molar-refractivity contribution in [3.8, 4) is 0 Å². The van der Waals surface area contributed by atoms with Gasteiger partial charge in [-0.05, 0) is 29.5 Å². The van der Waals surface area contributed by atoms with Gasteiger partial charge in [0.2, 0.25) is 0 Å². The lowest BCUT2D eigenvalue weighted by Gasteiger charge is -2.02. The number of aromatic nitrogens is 2. The predicted octanol–water partition coefficient (Wildman–Crippen LogP) is 2.16. The van der Waals surface area contributed by atoms with E-state index in [4.69, 9.17) is 5.73 Å². The smallest absolute Gasteiger partial charge is 0.170 e. The Kier molecular flexibility index (Phi) is 3.03. The zero-order valence-corrected chi connectivity index (χ0v) is 8.72. The first kappa shape index (κ1) is 10.2. The van der Waals surface area contributed by atoms with Crippen LogP contribution < -0.4 is 5.73 Å². The third-order valence-corrected chi connectivity index (χ3v) is 2.88. The molecule has 2 rings (SSSR count). The average Bonchev–Trinajstić information content (AvgIpc) is 2.74. The summed E-state index contributed by atoms with van der Waals surface area (Å²) in [6.07, 6.45) is 3.34. The highest BCUT2D eigenvalue weighted by Crippen LogP contribution is 2.27. The molecule has 0 saturated heterocycles. The zero-order valence-electron chi connectivity index (χ0n) is 7.90. The molecule has 1 aromatic carbocycles. The highest BCUT2D eigenvalue weighted by Gasteiger charge is 2.06. The van der Waals surface area contributed by atoms with Crippen LogP contribution in [0.3, 0.4) is 0 Å². The summed E-state index contributed by atoms with van der Waals surface area (Å²) >= 11 is 1.26. The Morgan fingerprint density at radius 1 is 1.47 bits per heavy atom. The van der Waals surface area contributed by atoms with E-state index >= 15 is 0 Å². The molecule has 0 aliphatic heterocycles. The zero-order chi connectivity index (χ0) is 10.7. The van der Waals surface area contributed by atoms with Gasteiger partial charge in [-0.15, -0.1) is 0 Å². The van der Waals surface area contributed by atoms with E-state index in [1.165, 1.54) is 17.8 Å². The van der Waals surface area contributed by atoms with Crippen LogP contribution in [-0.2, 0) is 6.54 Å². The van der Waals surface area contributed by atoms with Crippen molar-refractivity contribution in [1.82, 2.24) is 9.97 Å². The fourth-order valence-corrected chi connectivity index (χ4v) is 1.91. The van der Waals surface area contributed by atoms with Gasteiger partial charge in [0.25, 0.3) is 0 Å². The Bertz CT molecular complexity index is 442. The van der Waals surface area contributed by atoms with Gasteiger partial charge in [0.1, 0.15) is 5.82 Å². The van der Waals surface area contributed by atoms with Crippen molar-refractivity contribution < 1.29 is 4.39 Å². The van der Waals surface area contributed by atoms with Crippen LogP contribution in [0.25, 0.3) is 0 Å². The normalized spacial score (nSPS) is 10.5. The number of aromatic amines is 1. The quantitative estimate of drug-likeness (QED) is 0.838. The van der Waals surface area contributed by atoms with Gasteiger partial charge in [-0.3, -0.25) is 0 Å². The van der Waals surface area contributed by atoms with Crippen LogP contribution >= 0.6 is 11.8 Å². The topological polar surface area (TPSA) is 54.7 Å². The van der Waals surface area contributed by atoms with E-state index in [1.54, 1.807) is 18.5 Å². The largest absolute Gasteiger partial charge is 0.339 e. The van der Waals surface area contributed by atoms with Crippen LogP contribution in [0.4, 0.5) is 4.39 Å². The lowest BCUT2D eigenvalue weighted by Crippen LogP contribution is -1.97. The molecule has 0 radical (unpaired) electrons. The van der Waals surface area contributed by atoms with Crippen molar-refractivity contribution in [3.63, 3.8) is 0 Å². The van der Waals surface area contributed by atoms with Gasteiger partial charge < -0.3 is 10.7 Å². The molecule has 0 aliphatic rings. The van der Waals surface area contributed by atoms with Crippen molar-refractivity contribution in [2.24, 2.45) is 5.73 Å². The van der Waals surface area contributed by atoms with Crippen molar-refractivity contribution in [2.45, 2.75) is 16.6 Å². The number of nitrogens with one attached hydrogen (secondary N) is 1. The summed E-state index contributed by atoms with van der Waals surface area (Å²) < 4.78 is 13.5. The van der Waals surface area contributed by atoms with Gasteiger partial charge in [0.05, 0.1) is 4.90 Å². The lowest BCUT2D eigenvalue weighted by atomic mass is 10.2. The molecule has 78 valence electrons. The van der Waals surface area contributed by atoms with Crippen LogP contribution in [0.15, 0.2) is 40.6 Å². The number of hydrogen-bond donors (Lipinski definition) is 2. The Balaban J connectivity index is 2.22. The third kappa shape index (κ3) is 2.37. The van der Waals surface area contributed by atoms with E-state index in [0.29, 0.717) is 16.6 Å². The van der Waals surface area contributed by atoms with Crippen molar-refractivity contribution in [2.75, 3.05) is 0 Å². The van der Waals surface area contributed by atoms with Gasteiger partial charge >= 0.3 is 0 Å². The summed E-state index contributed by atoms with van der Waals surface area (Å²) in [7, 11) is 0. The summed E-state index contributed by atoms with van der Waals surface area (Å²) in [5.41, 5.74) is 6.20. The fourth-order valence-electron chi connectivity index (χ4n) is 1.16. The van der Waals surface area contributed by atoms with Gasteiger partial charge in [0.15, 0.2) is 5.16 Å². The number of imidazole rings is 1. The predicted molar refractivity (Wildman–Crippen MR) is 57.0 cm³/mol. The first-order valence-electron chi connectivity index (χ1n) is 4.45. The number of benzene rings is 1. The average molecular weight is 223 g/mol. The van der Waals surface area contributed by atoms with Crippen LogP contribution in [0.5, 0.6) is 0 Å². The number of halogens is 1. The van der Waals surface area contributed by atoms with Crippen LogP contribution in [0, 0.1) is 5.82 Å². The molecule has 0 unspecified atom stereocenters. The van der Waals surface area contributed by atoms with Crippen molar-refractivity contribution >= 4 is 11.8 Å². The van der Waals surface area contributed by atoms with Gasteiger partial charge in [-0.1, -0.05) is 6.07 Å². The third-order valence-electron chi connectivity index (χ3n) is 1.91. The Hall–Kier alpha value is -1.33. The van der Waals surface area contributed by atoms with E-state index in [0.717, 1.165) is 5.56 Å². The highest BCUT2D eigenvalue weighted by atomic mass is 32.2. The Morgan fingerprint density at radius 3 is 2.93 bits per heavy atom. The molecular weight excluding hydrogens is 213 g/mol. The standard InChI is InChI=1S/C10H10FN3S/c11-8-5-7(6-12)1-2-9(8)15-10-13-3-4-14-10/h1-5H,6,12H2,(H,13,14). The summed E-state index contributed by atoms with van der Waals surface area (Å²) in [5.74, 6) is -0.264. The molecule has 15 heavy (non-hydrogen) atoms. The number of nitrogens with two attached hydrogens (primary N) is 1. The number of hydrogen-bond acceptors (Lipinski definition) is 3. The van der Waals surface area contributed by atoms with Crippen LogP contribution in [-0.4, -0.2) is 9.97 Å².